The molecule has 0 atom stereocenters. The summed E-state index contributed by atoms with van der Waals surface area (Å²) in [4.78, 5) is 11.1. The van der Waals surface area contributed by atoms with Gasteiger partial charge in [-0.15, -0.1) is 0 Å². The fourth-order valence-corrected chi connectivity index (χ4v) is 1.18. The minimum atomic E-state index is -0.909. The van der Waals surface area contributed by atoms with E-state index in [0.29, 0.717) is 0 Å². The third kappa shape index (κ3) is 21.3. The minimum absolute atomic E-state index is 0. The normalized spacial score (nSPS) is 10.2. The first-order chi connectivity index (χ1) is 10.6. The second kappa shape index (κ2) is 22.3. The summed E-state index contributed by atoms with van der Waals surface area (Å²) in [6.45, 7) is 3.34. The Hall–Kier alpha value is 1.24. The molecule has 138 valence electrons. The summed E-state index contributed by atoms with van der Waals surface area (Å²) in [6, 6.07) is 0. The zero-order valence-corrected chi connectivity index (χ0v) is 19.7. The molecule has 0 fully saturated rings. The van der Waals surface area contributed by atoms with Crippen LogP contribution in [0.1, 0.15) is 13.8 Å². The van der Waals surface area contributed by atoms with Gasteiger partial charge in [-0.25, -0.2) is 4.79 Å². The van der Waals surface area contributed by atoms with E-state index in [0.717, 1.165) is 11.8 Å². The average Bonchev–Trinajstić information content (AvgIpc) is 2.51. The predicted molar refractivity (Wildman–Crippen MR) is 73.1 cm³/mol. The summed E-state index contributed by atoms with van der Waals surface area (Å²) in [5.41, 5.74) is 0. The molecule has 9 nitrogen and oxygen atoms in total. The topological polar surface area (TPSA) is 113 Å². The van der Waals surface area contributed by atoms with Crippen molar-refractivity contribution in [3.8, 4) is 0 Å². The number of aliphatic hydroxyl groups excluding tert-OH is 2. The summed E-state index contributed by atoms with van der Waals surface area (Å²) in [7, 11) is 0. The van der Waals surface area contributed by atoms with Gasteiger partial charge >= 0.3 is 6.16 Å². The van der Waals surface area contributed by atoms with Gasteiger partial charge in [0.2, 0.25) is 0 Å². The number of carbonyl (C=O) groups excluding carboxylic acids is 1. The SMILES string of the molecule is C[C-](COCO)COCOC(=O)OCOC[C-](C)COCO.[Y].[Y]. The van der Waals surface area contributed by atoms with E-state index in [2.05, 4.69) is 9.47 Å². The van der Waals surface area contributed by atoms with Gasteiger partial charge in [0.1, 0.15) is 13.6 Å². The van der Waals surface area contributed by atoms with Gasteiger partial charge in [-0.05, 0) is 0 Å². The molecule has 0 saturated heterocycles. The third-order valence-electron chi connectivity index (χ3n) is 2.10. The minimum Gasteiger partial charge on any atom is -0.407 e. The van der Waals surface area contributed by atoms with Crippen molar-refractivity contribution in [1.82, 2.24) is 0 Å². The van der Waals surface area contributed by atoms with E-state index in [-0.39, 0.29) is 119 Å². The summed E-state index contributed by atoms with van der Waals surface area (Å²) in [6.07, 6.45) is -0.909. The maximum atomic E-state index is 11.1. The molecule has 0 unspecified atom stereocenters. The van der Waals surface area contributed by atoms with Crippen LogP contribution in [0.15, 0.2) is 0 Å². The van der Waals surface area contributed by atoms with Crippen LogP contribution in [0.2, 0.25) is 0 Å². The molecule has 11 heteroatoms. The third-order valence-corrected chi connectivity index (χ3v) is 2.10. The molecule has 0 rings (SSSR count). The number of aliphatic hydroxyl groups is 2. The molecule has 0 aromatic rings. The van der Waals surface area contributed by atoms with Crippen LogP contribution in [0.25, 0.3) is 0 Å². The van der Waals surface area contributed by atoms with Gasteiger partial charge in [-0.2, -0.15) is 13.8 Å². The van der Waals surface area contributed by atoms with Gasteiger partial charge in [-0.1, -0.05) is 26.4 Å². The fourth-order valence-electron chi connectivity index (χ4n) is 1.18. The molecule has 0 spiro atoms. The molecule has 0 heterocycles. The molecule has 0 aliphatic heterocycles. The molecule has 0 saturated carbocycles. The monoisotopic (exact) mass is 502 g/mol. The van der Waals surface area contributed by atoms with E-state index in [1.807, 2.05) is 0 Å². The molecule has 0 aliphatic rings. The maximum Gasteiger partial charge on any atom is 0.512 e. The Balaban J connectivity index is -0.00000220. The first-order valence-electron chi connectivity index (χ1n) is 6.55. The summed E-state index contributed by atoms with van der Waals surface area (Å²) >= 11 is 0. The predicted octanol–water partition coefficient (Wildman–Crippen LogP) is 0.204. The zero-order valence-electron chi connectivity index (χ0n) is 14.1. The number of carbonyl (C=O) groups is 1. The number of hydrogen-bond acceptors (Lipinski definition) is 9. The Morgan fingerprint density at radius 1 is 0.750 bits per heavy atom. The van der Waals surface area contributed by atoms with Crippen molar-refractivity contribution >= 4 is 6.16 Å². The van der Waals surface area contributed by atoms with Gasteiger partial charge < -0.3 is 38.6 Å². The number of hydrogen-bond donors (Lipinski definition) is 2. The Morgan fingerprint density at radius 3 is 1.42 bits per heavy atom. The van der Waals surface area contributed by atoms with Crippen molar-refractivity contribution in [3.05, 3.63) is 11.8 Å². The van der Waals surface area contributed by atoms with Crippen LogP contribution < -0.4 is 0 Å². The number of ether oxygens (including phenoxy) is 6. The van der Waals surface area contributed by atoms with Crippen molar-refractivity contribution in [2.45, 2.75) is 13.8 Å². The molecular formula is C13H24O9Y2-2. The van der Waals surface area contributed by atoms with Crippen LogP contribution in [-0.4, -0.2) is 70.0 Å². The Labute approximate surface area is 192 Å². The molecule has 0 bridgehead atoms. The average molecular weight is 502 g/mol. The smallest absolute Gasteiger partial charge is 0.407 e. The number of rotatable bonds is 14. The van der Waals surface area contributed by atoms with Crippen molar-refractivity contribution in [1.29, 1.82) is 0 Å². The standard InChI is InChI=1S/C13H24O9.2Y/c1-11(3-17-7-14)5-19-9-21-13(16)22-10-20-6-12(2)4-18-8-15;;/h14-15H,3-10H2,1-2H3;;/q-2;;. The maximum absolute atomic E-state index is 11.1. The first kappa shape index (κ1) is 30.0. The Morgan fingerprint density at radius 2 is 1.08 bits per heavy atom. The molecule has 2 N–H and O–H groups in total. The van der Waals surface area contributed by atoms with Crippen LogP contribution in [0.5, 0.6) is 0 Å². The summed E-state index contributed by atoms with van der Waals surface area (Å²) in [5.74, 6) is 1.68. The van der Waals surface area contributed by atoms with Crippen LogP contribution >= 0.6 is 0 Å². The largest absolute Gasteiger partial charge is 0.512 e. The molecule has 2 radical (unpaired) electrons. The molecule has 0 aromatic heterocycles. The van der Waals surface area contributed by atoms with Crippen LogP contribution in [-0.2, 0) is 93.8 Å². The van der Waals surface area contributed by atoms with Gasteiger partial charge in [0, 0.05) is 65.4 Å². The van der Waals surface area contributed by atoms with E-state index in [1.165, 1.54) is 0 Å². The van der Waals surface area contributed by atoms with Crippen molar-refractivity contribution in [2.24, 2.45) is 0 Å². The molecular weight excluding hydrogens is 478 g/mol. The summed E-state index contributed by atoms with van der Waals surface area (Å²) < 4.78 is 28.9. The molecule has 0 aliphatic carbocycles. The first-order valence-corrected chi connectivity index (χ1v) is 6.55. The van der Waals surface area contributed by atoms with Gasteiger partial charge in [0.25, 0.3) is 0 Å². The van der Waals surface area contributed by atoms with Crippen molar-refractivity contribution in [3.63, 3.8) is 0 Å². The van der Waals surface area contributed by atoms with Crippen LogP contribution in [0.4, 0.5) is 4.79 Å². The Bertz CT molecular complexity index is 248. The van der Waals surface area contributed by atoms with E-state index in [9.17, 15) is 4.79 Å². The van der Waals surface area contributed by atoms with Crippen LogP contribution in [0, 0.1) is 11.8 Å². The Kier molecular flexibility index (Phi) is 27.8. The second-order valence-corrected chi connectivity index (χ2v) is 4.34. The van der Waals surface area contributed by atoms with Gasteiger partial charge in [0.05, 0.1) is 0 Å². The summed E-state index contributed by atoms with van der Waals surface area (Å²) in [5, 5.41) is 16.9. The quantitative estimate of drug-likeness (QED) is 0.149. The second-order valence-electron chi connectivity index (χ2n) is 4.34. The van der Waals surface area contributed by atoms with Gasteiger partial charge in [-0.3, -0.25) is 11.8 Å². The molecule has 0 aromatic carbocycles. The fraction of sp³-hybridized carbons (Fsp3) is 0.769. The van der Waals surface area contributed by atoms with E-state index < -0.39 is 6.16 Å². The van der Waals surface area contributed by atoms with E-state index in [4.69, 9.17) is 29.2 Å². The van der Waals surface area contributed by atoms with E-state index >= 15 is 0 Å². The van der Waals surface area contributed by atoms with Crippen molar-refractivity contribution in [2.75, 3.05) is 53.6 Å². The van der Waals surface area contributed by atoms with Crippen molar-refractivity contribution < 1.29 is 109 Å². The van der Waals surface area contributed by atoms with Crippen LogP contribution in [0.3, 0.4) is 0 Å². The van der Waals surface area contributed by atoms with E-state index in [1.54, 1.807) is 13.8 Å². The zero-order chi connectivity index (χ0) is 16.6. The molecule has 0 amide bonds. The molecule has 24 heavy (non-hydrogen) atoms. The van der Waals surface area contributed by atoms with Gasteiger partial charge in [0.15, 0.2) is 13.6 Å².